The molecule has 1 aliphatic rings. The molecule has 2 atom stereocenters. The number of aromatic nitrogens is 1. The van der Waals surface area contributed by atoms with Gasteiger partial charge in [-0.05, 0) is 74.2 Å². The molecule has 0 amide bonds. The maximum Gasteiger partial charge on any atom is 0.337 e. The van der Waals surface area contributed by atoms with Crippen molar-refractivity contribution in [2.45, 2.75) is 44.9 Å². The van der Waals surface area contributed by atoms with Crippen molar-refractivity contribution in [2.24, 2.45) is 0 Å². The Bertz CT molecular complexity index is 1450. The van der Waals surface area contributed by atoms with E-state index in [0.29, 0.717) is 28.8 Å². The largest absolute Gasteiger partial charge is 0.465 e. The number of carbonyl (C=O) groups is 1. The average Bonchev–Trinajstić information content (AvgIpc) is 3.22. The Labute approximate surface area is 214 Å². The molecular weight excluding hydrogens is 477 g/mol. The van der Waals surface area contributed by atoms with Gasteiger partial charge in [0.1, 0.15) is 17.3 Å². The van der Waals surface area contributed by atoms with E-state index in [1.807, 2.05) is 36.1 Å². The summed E-state index contributed by atoms with van der Waals surface area (Å²) in [5, 5.41) is 1.01. The van der Waals surface area contributed by atoms with E-state index in [9.17, 15) is 9.18 Å². The molecule has 4 aromatic rings. The van der Waals surface area contributed by atoms with Gasteiger partial charge in [0.25, 0.3) is 0 Å². The lowest BCUT2D eigenvalue weighted by Crippen LogP contribution is -2.48. The molecule has 0 unspecified atom stereocenters. The predicted molar refractivity (Wildman–Crippen MR) is 138 cm³/mol. The number of rotatable bonds is 5. The van der Waals surface area contributed by atoms with Crippen LogP contribution in [0.25, 0.3) is 22.0 Å². The zero-order valence-corrected chi connectivity index (χ0v) is 21.2. The third-order valence-corrected chi connectivity index (χ3v) is 7.07. The van der Waals surface area contributed by atoms with Crippen LogP contribution in [-0.4, -0.2) is 41.2 Å². The van der Waals surface area contributed by atoms with Crippen molar-refractivity contribution in [1.29, 1.82) is 0 Å². The van der Waals surface area contributed by atoms with Crippen LogP contribution < -0.4 is 0 Å². The number of H-pyrrole nitrogens is 1. The van der Waals surface area contributed by atoms with E-state index >= 15 is 8.78 Å². The number of halogens is 3. The van der Waals surface area contributed by atoms with Crippen LogP contribution >= 0.6 is 0 Å². The number of benzene rings is 3. The van der Waals surface area contributed by atoms with E-state index in [1.165, 1.54) is 33.1 Å². The van der Waals surface area contributed by atoms with Crippen molar-refractivity contribution in [3.63, 3.8) is 0 Å². The first-order valence-electron chi connectivity index (χ1n) is 12.3. The number of carbonyl (C=O) groups excluding carboxylic acids is 1. The number of ether oxygens (including phenoxy) is 1. The van der Waals surface area contributed by atoms with Crippen molar-refractivity contribution in [2.75, 3.05) is 13.7 Å². The molecule has 3 aromatic carbocycles. The lowest BCUT2D eigenvalue weighted by atomic mass is 9.86. The average molecular weight is 507 g/mol. The van der Waals surface area contributed by atoms with Crippen LogP contribution in [-0.2, 0) is 11.2 Å². The van der Waals surface area contributed by atoms with Crippen LogP contribution in [0.15, 0.2) is 60.7 Å². The molecule has 0 aliphatic carbocycles. The number of methoxy groups -OCH3 is 1. The van der Waals surface area contributed by atoms with E-state index in [0.717, 1.165) is 16.5 Å². The van der Waals surface area contributed by atoms with Crippen molar-refractivity contribution < 1.29 is 22.7 Å². The second-order valence-corrected chi connectivity index (χ2v) is 10.3. The normalized spacial score (nSPS) is 18.1. The molecular formula is C30H29F3N2O2. The van der Waals surface area contributed by atoms with E-state index < -0.39 is 29.3 Å². The van der Waals surface area contributed by atoms with Gasteiger partial charge in [0, 0.05) is 34.7 Å². The first kappa shape index (κ1) is 25.1. The fourth-order valence-electron chi connectivity index (χ4n) is 5.43. The predicted octanol–water partition coefficient (Wildman–Crippen LogP) is 6.98. The number of fused-ring (bicyclic) bond motifs is 3. The van der Waals surface area contributed by atoms with Gasteiger partial charge < -0.3 is 9.72 Å². The highest BCUT2D eigenvalue weighted by molar-refractivity contribution is 5.90. The number of para-hydroxylation sites is 1. The molecule has 192 valence electrons. The minimum atomic E-state index is -1.57. The zero-order valence-electron chi connectivity index (χ0n) is 21.2. The standard InChI is InChI=1S/C30H29F3N2O2/c1-17-13-22-21-7-5-6-8-25(21)34-27(22)28(35(17)16-30(2,3)33)26-23(31)14-20(15-24(26)32)18-9-11-19(12-10-18)29(36)37-4/h5-12,14-15,17,28,34H,13,16H2,1-4H3/t17-,28-/m1/s1. The quantitative estimate of drug-likeness (QED) is 0.297. The molecule has 0 bridgehead atoms. The lowest BCUT2D eigenvalue weighted by Gasteiger charge is -2.43. The summed E-state index contributed by atoms with van der Waals surface area (Å²) in [7, 11) is 1.29. The van der Waals surface area contributed by atoms with Gasteiger partial charge in [0.05, 0.1) is 18.7 Å². The zero-order chi connectivity index (χ0) is 26.5. The van der Waals surface area contributed by atoms with E-state index in [4.69, 9.17) is 4.74 Å². The molecule has 0 spiro atoms. The molecule has 4 nitrogen and oxygen atoms in total. The smallest absolute Gasteiger partial charge is 0.337 e. The summed E-state index contributed by atoms with van der Waals surface area (Å²) in [5.41, 5.74) is 2.14. The van der Waals surface area contributed by atoms with E-state index in [2.05, 4.69) is 4.98 Å². The topological polar surface area (TPSA) is 45.3 Å². The number of hydrogen-bond donors (Lipinski definition) is 1. The first-order valence-corrected chi connectivity index (χ1v) is 12.3. The van der Waals surface area contributed by atoms with Crippen LogP contribution in [0.4, 0.5) is 13.2 Å². The number of nitrogens with one attached hydrogen (secondary N) is 1. The summed E-state index contributed by atoms with van der Waals surface area (Å²) in [6.45, 7) is 4.94. The highest BCUT2D eigenvalue weighted by Gasteiger charge is 2.41. The summed E-state index contributed by atoms with van der Waals surface area (Å²) >= 11 is 0. The molecule has 0 saturated carbocycles. The summed E-state index contributed by atoms with van der Waals surface area (Å²) in [6, 6.07) is 15.8. The van der Waals surface area contributed by atoms with Gasteiger partial charge in [-0.15, -0.1) is 0 Å². The lowest BCUT2D eigenvalue weighted by molar-refractivity contribution is 0.0600. The van der Waals surface area contributed by atoms with Gasteiger partial charge in [-0.1, -0.05) is 30.3 Å². The number of aromatic amines is 1. The van der Waals surface area contributed by atoms with E-state index in [-0.39, 0.29) is 18.2 Å². The van der Waals surface area contributed by atoms with Gasteiger partial charge in [0.15, 0.2) is 0 Å². The van der Waals surface area contributed by atoms with Crippen LogP contribution in [0, 0.1) is 11.6 Å². The summed E-state index contributed by atoms with van der Waals surface area (Å²) in [4.78, 5) is 17.0. The molecule has 0 fully saturated rings. The number of hydrogen-bond acceptors (Lipinski definition) is 3. The Morgan fingerprint density at radius 2 is 1.70 bits per heavy atom. The molecule has 37 heavy (non-hydrogen) atoms. The molecule has 0 saturated heterocycles. The van der Waals surface area contributed by atoms with Crippen LogP contribution in [0.5, 0.6) is 0 Å². The van der Waals surface area contributed by atoms with Crippen molar-refractivity contribution in [1.82, 2.24) is 9.88 Å². The monoisotopic (exact) mass is 506 g/mol. The van der Waals surface area contributed by atoms with Gasteiger partial charge in [-0.3, -0.25) is 4.90 Å². The Morgan fingerprint density at radius 1 is 1.05 bits per heavy atom. The summed E-state index contributed by atoms with van der Waals surface area (Å²) < 4.78 is 51.4. The summed E-state index contributed by atoms with van der Waals surface area (Å²) in [6.07, 6.45) is 0.639. The molecule has 1 aromatic heterocycles. The molecule has 1 aliphatic heterocycles. The third kappa shape index (κ3) is 4.64. The minimum Gasteiger partial charge on any atom is -0.465 e. The molecule has 1 N–H and O–H groups in total. The molecule has 7 heteroatoms. The third-order valence-electron chi connectivity index (χ3n) is 7.07. The van der Waals surface area contributed by atoms with Crippen molar-refractivity contribution in [3.8, 4) is 11.1 Å². The second kappa shape index (κ2) is 9.38. The fourth-order valence-corrected chi connectivity index (χ4v) is 5.43. The van der Waals surface area contributed by atoms with Crippen LogP contribution in [0.3, 0.4) is 0 Å². The van der Waals surface area contributed by atoms with Crippen molar-refractivity contribution >= 4 is 16.9 Å². The Kier molecular flexibility index (Phi) is 6.36. The van der Waals surface area contributed by atoms with Crippen LogP contribution in [0.2, 0.25) is 0 Å². The second-order valence-electron chi connectivity index (χ2n) is 10.3. The maximum atomic E-state index is 15.9. The SMILES string of the molecule is COC(=O)c1ccc(-c2cc(F)c([C@@H]3c4[nH]c5ccccc5c4C[C@@H](C)N3CC(C)(C)F)c(F)c2)cc1. The number of alkyl halides is 1. The maximum absolute atomic E-state index is 15.9. The Hall–Kier alpha value is -3.58. The molecule has 5 rings (SSSR count). The van der Waals surface area contributed by atoms with E-state index in [1.54, 1.807) is 24.3 Å². The highest BCUT2D eigenvalue weighted by Crippen LogP contribution is 2.43. The number of nitrogens with zero attached hydrogens (tertiary/aromatic N) is 1. The first-order chi connectivity index (χ1) is 17.6. The fraction of sp³-hybridized carbons (Fsp3) is 0.300. The highest BCUT2D eigenvalue weighted by atomic mass is 19.1. The molecule has 0 radical (unpaired) electrons. The van der Waals surface area contributed by atoms with Gasteiger partial charge in [0.2, 0.25) is 0 Å². The minimum absolute atomic E-state index is 0.0171. The van der Waals surface area contributed by atoms with Gasteiger partial charge >= 0.3 is 5.97 Å². The van der Waals surface area contributed by atoms with Gasteiger partial charge in [-0.25, -0.2) is 18.0 Å². The van der Waals surface area contributed by atoms with Crippen LogP contribution in [0.1, 0.15) is 54.0 Å². The molecule has 2 heterocycles. The van der Waals surface area contributed by atoms with Gasteiger partial charge in [-0.2, -0.15) is 0 Å². The number of esters is 1. The Balaban J connectivity index is 1.64. The Morgan fingerprint density at radius 3 is 2.32 bits per heavy atom. The summed E-state index contributed by atoms with van der Waals surface area (Å²) in [5.74, 6) is -1.91. The van der Waals surface area contributed by atoms with Crippen molar-refractivity contribution in [3.05, 3.63) is 94.7 Å².